The van der Waals surface area contributed by atoms with Gasteiger partial charge in [0.2, 0.25) is 10.0 Å². The zero-order valence-electron chi connectivity index (χ0n) is 16.7. The van der Waals surface area contributed by atoms with Crippen LogP contribution >= 0.6 is 0 Å². The van der Waals surface area contributed by atoms with E-state index in [-0.39, 0.29) is 23.9 Å². The van der Waals surface area contributed by atoms with Crippen molar-refractivity contribution in [1.29, 1.82) is 0 Å². The fraction of sp³-hybridized carbons (Fsp3) is 0.227. The Hall–Kier alpha value is -2.90. The summed E-state index contributed by atoms with van der Waals surface area (Å²) in [4.78, 5) is 12.0. The maximum Gasteiger partial charge on any atom is 0.251 e. The van der Waals surface area contributed by atoms with Crippen molar-refractivity contribution in [3.63, 3.8) is 0 Å². The van der Waals surface area contributed by atoms with E-state index < -0.39 is 10.0 Å². The SMILES string of the molecule is CNC(=O)c1ccc(CN(Cc2ccco2)S(=O)(=O)c2cc(C)ccc2C)cc1. The van der Waals surface area contributed by atoms with E-state index in [4.69, 9.17) is 4.42 Å². The molecule has 1 heterocycles. The van der Waals surface area contributed by atoms with Gasteiger partial charge < -0.3 is 9.73 Å². The van der Waals surface area contributed by atoms with Crippen LogP contribution in [-0.4, -0.2) is 25.7 Å². The minimum absolute atomic E-state index is 0.111. The van der Waals surface area contributed by atoms with Crippen LogP contribution in [0.25, 0.3) is 0 Å². The first-order valence-electron chi connectivity index (χ1n) is 9.22. The molecule has 0 unspecified atom stereocenters. The fourth-order valence-corrected chi connectivity index (χ4v) is 4.74. The van der Waals surface area contributed by atoms with Gasteiger partial charge >= 0.3 is 0 Å². The van der Waals surface area contributed by atoms with Crippen molar-refractivity contribution in [2.45, 2.75) is 31.8 Å². The van der Waals surface area contributed by atoms with E-state index in [2.05, 4.69) is 5.32 Å². The van der Waals surface area contributed by atoms with E-state index in [9.17, 15) is 13.2 Å². The van der Waals surface area contributed by atoms with Gasteiger partial charge in [0.1, 0.15) is 5.76 Å². The van der Waals surface area contributed by atoms with Crippen molar-refractivity contribution in [2.24, 2.45) is 0 Å². The summed E-state index contributed by atoms with van der Waals surface area (Å²) in [5.41, 5.74) is 2.86. The zero-order chi connectivity index (χ0) is 21.0. The Morgan fingerprint density at radius 1 is 1.03 bits per heavy atom. The van der Waals surface area contributed by atoms with Gasteiger partial charge in [-0.2, -0.15) is 4.31 Å². The van der Waals surface area contributed by atoms with Crippen LogP contribution in [0.2, 0.25) is 0 Å². The highest BCUT2D eigenvalue weighted by Gasteiger charge is 2.27. The number of hydrogen-bond acceptors (Lipinski definition) is 4. The van der Waals surface area contributed by atoms with Crippen LogP contribution < -0.4 is 5.32 Å². The number of benzene rings is 2. The average Bonchev–Trinajstić information content (AvgIpc) is 3.22. The molecule has 0 spiro atoms. The van der Waals surface area contributed by atoms with E-state index in [1.165, 1.54) is 10.6 Å². The van der Waals surface area contributed by atoms with Gasteiger partial charge in [-0.15, -0.1) is 0 Å². The van der Waals surface area contributed by atoms with E-state index in [0.29, 0.717) is 16.9 Å². The summed E-state index contributed by atoms with van der Waals surface area (Å²) in [7, 11) is -2.20. The first-order chi connectivity index (χ1) is 13.8. The quantitative estimate of drug-likeness (QED) is 0.642. The molecule has 0 fully saturated rings. The van der Waals surface area contributed by atoms with E-state index in [0.717, 1.165) is 11.1 Å². The lowest BCUT2D eigenvalue weighted by molar-refractivity contribution is 0.0963. The molecule has 0 aliphatic rings. The number of amides is 1. The van der Waals surface area contributed by atoms with Crippen LogP contribution in [0, 0.1) is 13.8 Å². The highest BCUT2D eigenvalue weighted by atomic mass is 32.2. The van der Waals surface area contributed by atoms with Crippen molar-refractivity contribution >= 4 is 15.9 Å². The first-order valence-corrected chi connectivity index (χ1v) is 10.7. The zero-order valence-corrected chi connectivity index (χ0v) is 17.5. The van der Waals surface area contributed by atoms with Crippen LogP contribution in [0.15, 0.2) is 70.2 Å². The number of nitrogens with zero attached hydrogens (tertiary/aromatic N) is 1. The Morgan fingerprint density at radius 2 is 1.76 bits per heavy atom. The van der Waals surface area contributed by atoms with Crippen molar-refractivity contribution in [3.05, 3.63) is 88.9 Å². The number of nitrogens with one attached hydrogen (secondary N) is 1. The summed E-state index contributed by atoms with van der Waals surface area (Å²) in [6, 6.07) is 15.8. The molecule has 0 saturated carbocycles. The van der Waals surface area contributed by atoms with Crippen LogP contribution in [0.4, 0.5) is 0 Å². The van der Waals surface area contributed by atoms with Crippen LogP contribution in [0.3, 0.4) is 0 Å². The first kappa shape index (κ1) is 20.8. The second-order valence-electron chi connectivity index (χ2n) is 6.90. The Morgan fingerprint density at radius 3 is 2.38 bits per heavy atom. The third-order valence-electron chi connectivity index (χ3n) is 4.68. The Bertz CT molecular complexity index is 1090. The second-order valence-corrected chi connectivity index (χ2v) is 8.80. The normalized spacial score (nSPS) is 11.6. The highest BCUT2D eigenvalue weighted by Crippen LogP contribution is 2.25. The number of sulfonamides is 1. The molecule has 1 aromatic heterocycles. The molecule has 0 aliphatic carbocycles. The molecule has 0 radical (unpaired) electrons. The molecular formula is C22H24N2O4S. The Kier molecular flexibility index (Phi) is 6.20. The van der Waals surface area contributed by atoms with E-state index in [1.54, 1.807) is 56.4 Å². The molecule has 0 aliphatic heterocycles. The lowest BCUT2D eigenvalue weighted by atomic mass is 10.1. The number of rotatable bonds is 7. The predicted molar refractivity (Wildman–Crippen MR) is 111 cm³/mol. The summed E-state index contributed by atoms with van der Waals surface area (Å²) in [6.07, 6.45) is 1.52. The lowest BCUT2D eigenvalue weighted by Gasteiger charge is -2.23. The molecule has 29 heavy (non-hydrogen) atoms. The van der Waals surface area contributed by atoms with Crippen molar-refractivity contribution in [3.8, 4) is 0 Å². The molecule has 0 bridgehead atoms. The number of aryl methyl sites for hydroxylation is 2. The standard InChI is InChI=1S/C22H24N2O4S/c1-16-6-7-17(2)21(13-16)29(26,27)24(15-20-5-4-12-28-20)14-18-8-10-19(11-9-18)22(25)23-3/h4-13H,14-15H2,1-3H3,(H,23,25). The van der Waals surface area contributed by atoms with Crippen molar-refractivity contribution in [2.75, 3.05) is 7.05 Å². The lowest BCUT2D eigenvalue weighted by Crippen LogP contribution is -2.30. The van der Waals surface area contributed by atoms with E-state index >= 15 is 0 Å². The van der Waals surface area contributed by atoms with Gasteiger partial charge in [0, 0.05) is 19.2 Å². The van der Waals surface area contributed by atoms with Gasteiger partial charge in [-0.25, -0.2) is 8.42 Å². The van der Waals surface area contributed by atoms with Gasteiger partial charge in [-0.1, -0.05) is 24.3 Å². The average molecular weight is 413 g/mol. The summed E-state index contributed by atoms with van der Waals surface area (Å²) < 4.78 is 33.7. The molecule has 2 aromatic carbocycles. The predicted octanol–water partition coefficient (Wildman–Crippen LogP) is 3.65. The molecular weight excluding hydrogens is 388 g/mol. The molecule has 0 atom stereocenters. The molecule has 3 rings (SSSR count). The molecule has 0 saturated heterocycles. The Labute approximate surface area is 171 Å². The highest BCUT2D eigenvalue weighted by molar-refractivity contribution is 7.89. The summed E-state index contributed by atoms with van der Waals surface area (Å²) in [6.45, 7) is 3.92. The van der Waals surface area contributed by atoms with Crippen LogP contribution in [0.1, 0.15) is 32.8 Å². The summed E-state index contributed by atoms with van der Waals surface area (Å²) >= 11 is 0. The summed E-state index contributed by atoms with van der Waals surface area (Å²) in [5, 5.41) is 2.57. The molecule has 1 N–H and O–H groups in total. The largest absolute Gasteiger partial charge is 0.468 e. The third-order valence-corrected chi connectivity index (χ3v) is 6.61. The number of carbonyl (C=O) groups excluding carboxylic acids is 1. The van der Waals surface area contributed by atoms with Gasteiger partial charge in [0.15, 0.2) is 0 Å². The molecule has 152 valence electrons. The maximum atomic E-state index is 13.5. The number of furan rings is 1. The minimum Gasteiger partial charge on any atom is -0.468 e. The summed E-state index contributed by atoms with van der Waals surface area (Å²) in [5.74, 6) is 0.368. The van der Waals surface area contributed by atoms with Gasteiger partial charge in [-0.3, -0.25) is 4.79 Å². The van der Waals surface area contributed by atoms with Crippen molar-refractivity contribution < 1.29 is 17.6 Å². The number of carbonyl (C=O) groups is 1. The smallest absolute Gasteiger partial charge is 0.251 e. The third kappa shape index (κ3) is 4.75. The maximum absolute atomic E-state index is 13.5. The second kappa shape index (κ2) is 8.63. The Balaban J connectivity index is 1.96. The van der Waals surface area contributed by atoms with Crippen LogP contribution in [-0.2, 0) is 23.1 Å². The fourth-order valence-electron chi connectivity index (χ4n) is 3.04. The monoisotopic (exact) mass is 412 g/mol. The van der Waals surface area contributed by atoms with E-state index in [1.807, 2.05) is 19.1 Å². The number of hydrogen-bond donors (Lipinski definition) is 1. The molecule has 3 aromatic rings. The molecule has 1 amide bonds. The van der Waals surface area contributed by atoms with Gasteiger partial charge in [0.25, 0.3) is 5.91 Å². The van der Waals surface area contributed by atoms with Gasteiger partial charge in [-0.05, 0) is 60.9 Å². The van der Waals surface area contributed by atoms with Crippen molar-refractivity contribution in [1.82, 2.24) is 9.62 Å². The minimum atomic E-state index is -3.77. The molecule has 7 heteroatoms. The van der Waals surface area contributed by atoms with Gasteiger partial charge in [0.05, 0.1) is 17.7 Å². The van der Waals surface area contributed by atoms with Crippen LogP contribution in [0.5, 0.6) is 0 Å². The topological polar surface area (TPSA) is 79.6 Å². The molecule has 6 nitrogen and oxygen atoms in total.